The number of hydrogen-bond donors (Lipinski definition) is 0. The van der Waals surface area contributed by atoms with Gasteiger partial charge in [0, 0.05) is 6.42 Å². The van der Waals surface area contributed by atoms with Gasteiger partial charge in [-0.1, -0.05) is 44.1 Å². The van der Waals surface area contributed by atoms with Gasteiger partial charge in [0.2, 0.25) is 0 Å². The molecule has 0 saturated heterocycles. The van der Waals surface area contributed by atoms with E-state index in [0.717, 1.165) is 19.3 Å². The quantitative estimate of drug-likeness (QED) is 0.677. The van der Waals surface area contributed by atoms with Crippen molar-refractivity contribution in [1.82, 2.24) is 0 Å². The second-order valence-electron chi connectivity index (χ2n) is 5.40. The Kier molecular flexibility index (Phi) is 5.46. The number of esters is 1. The number of carbonyl (C=O) groups is 1. The molecule has 0 bridgehead atoms. The summed E-state index contributed by atoms with van der Waals surface area (Å²) in [6, 6.07) is 0. The minimum Gasteiger partial charge on any atom is -0.469 e. The second-order valence-corrected chi connectivity index (χ2v) is 5.40. The van der Waals surface area contributed by atoms with Crippen LogP contribution >= 0.6 is 0 Å². The van der Waals surface area contributed by atoms with Gasteiger partial charge in [-0.25, -0.2) is 0 Å². The van der Waals surface area contributed by atoms with Crippen LogP contribution in [0.15, 0.2) is 23.3 Å². The number of hydrogen-bond acceptors (Lipinski definition) is 2. The largest absolute Gasteiger partial charge is 0.469 e. The number of methoxy groups -OCH3 is 1. The predicted molar refractivity (Wildman–Crippen MR) is 70.7 cm³/mol. The first-order valence-electron chi connectivity index (χ1n) is 6.48. The van der Waals surface area contributed by atoms with Crippen molar-refractivity contribution in [3.8, 4) is 0 Å². The molecule has 0 heterocycles. The Labute approximate surface area is 105 Å². The number of carbonyl (C=O) groups excluding carboxylic acids is 1. The van der Waals surface area contributed by atoms with Gasteiger partial charge in [-0.3, -0.25) is 4.79 Å². The van der Waals surface area contributed by atoms with Crippen LogP contribution in [0.1, 0.15) is 46.5 Å². The van der Waals surface area contributed by atoms with Crippen LogP contribution in [0, 0.1) is 11.8 Å². The van der Waals surface area contributed by atoms with E-state index in [9.17, 15) is 4.79 Å². The summed E-state index contributed by atoms with van der Waals surface area (Å²) in [5.74, 6) is 1.17. The van der Waals surface area contributed by atoms with Gasteiger partial charge in [-0.05, 0) is 31.1 Å². The lowest BCUT2D eigenvalue weighted by Crippen LogP contribution is -2.06. The molecule has 1 aliphatic carbocycles. The van der Waals surface area contributed by atoms with E-state index in [0.29, 0.717) is 18.3 Å². The zero-order chi connectivity index (χ0) is 12.8. The van der Waals surface area contributed by atoms with E-state index in [1.54, 1.807) is 0 Å². The van der Waals surface area contributed by atoms with Crippen LogP contribution in [-0.2, 0) is 9.53 Å². The second kappa shape index (κ2) is 6.63. The molecule has 0 aliphatic heterocycles. The van der Waals surface area contributed by atoms with Gasteiger partial charge < -0.3 is 4.74 Å². The van der Waals surface area contributed by atoms with Crippen molar-refractivity contribution in [3.05, 3.63) is 23.3 Å². The molecule has 0 radical (unpaired) electrons. The normalized spacial score (nSPS) is 19.9. The van der Waals surface area contributed by atoms with Gasteiger partial charge in [-0.15, -0.1) is 0 Å². The Balaban J connectivity index is 2.57. The summed E-state index contributed by atoms with van der Waals surface area (Å²) in [5.41, 5.74) is 2.82. The first-order chi connectivity index (χ1) is 8.01. The van der Waals surface area contributed by atoms with Gasteiger partial charge in [0.05, 0.1) is 7.11 Å². The zero-order valence-corrected chi connectivity index (χ0v) is 11.5. The summed E-state index contributed by atoms with van der Waals surface area (Å²) in [5, 5.41) is 0. The molecular weight excluding hydrogens is 212 g/mol. The molecule has 1 atom stereocenters. The molecule has 0 aromatic rings. The Morgan fingerprint density at radius 1 is 1.53 bits per heavy atom. The molecule has 17 heavy (non-hydrogen) atoms. The SMILES string of the molecule is COC(=O)CCC1=CC(CC(C)C)=CC(C)C1. The summed E-state index contributed by atoms with van der Waals surface area (Å²) in [6.07, 6.45) is 8.20. The molecule has 0 aromatic heterocycles. The van der Waals surface area contributed by atoms with E-state index in [-0.39, 0.29) is 5.97 Å². The van der Waals surface area contributed by atoms with Gasteiger partial charge in [0.1, 0.15) is 0 Å². The van der Waals surface area contributed by atoms with Gasteiger partial charge in [0.15, 0.2) is 0 Å². The van der Waals surface area contributed by atoms with Crippen LogP contribution in [-0.4, -0.2) is 13.1 Å². The molecule has 1 unspecified atom stereocenters. The lowest BCUT2D eigenvalue weighted by Gasteiger charge is -2.19. The Hall–Kier alpha value is -1.05. The lowest BCUT2D eigenvalue weighted by atomic mass is 9.86. The van der Waals surface area contributed by atoms with Crippen molar-refractivity contribution in [3.63, 3.8) is 0 Å². The maximum atomic E-state index is 11.1. The minimum atomic E-state index is -0.112. The highest BCUT2D eigenvalue weighted by molar-refractivity contribution is 5.69. The smallest absolute Gasteiger partial charge is 0.305 e. The fraction of sp³-hybridized carbons (Fsp3) is 0.667. The van der Waals surface area contributed by atoms with Crippen molar-refractivity contribution >= 4 is 5.97 Å². The van der Waals surface area contributed by atoms with Gasteiger partial charge in [0.25, 0.3) is 0 Å². The summed E-state index contributed by atoms with van der Waals surface area (Å²) in [6.45, 7) is 6.72. The molecular formula is C15H24O2. The maximum absolute atomic E-state index is 11.1. The fourth-order valence-electron chi connectivity index (χ4n) is 2.34. The topological polar surface area (TPSA) is 26.3 Å². The predicted octanol–water partition coefficient (Wildman–Crippen LogP) is 3.88. The van der Waals surface area contributed by atoms with Crippen LogP contribution in [0.4, 0.5) is 0 Å². The Morgan fingerprint density at radius 3 is 2.82 bits per heavy atom. The summed E-state index contributed by atoms with van der Waals surface area (Å²) < 4.78 is 4.68. The summed E-state index contributed by atoms with van der Waals surface area (Å²) in [7, 11) is 1.45. The van der Waals surface area contributed by atoms with E-state index in [1.165, 1.54) is 18.3 Å². The summed E-state index contributed by atoms with van der Waals surface area (Å²) >= 11 is 0. The zero-order valence-electron chi connectivity index (χ0n) is 11.5. The molecule has 2 nitrogen and oxygen atoms in total. The van der Waals surface area contributed by atoms with Crippen molar-refractivity contribution in [2.75, 3.05) is 7.11 Å². The molecule has 0 N–H and O–H groups in total. The molecule has 0 fully saturated rings. The third-order valence-corrected chi connectivity index (χ3v) is 2.99. The number of rotatable bonds is 5. The van der Waals surface area contributed by atoms with Crippen molar-refractivity contribution in [1.29, 1.82) is 0 Å². The lowest BCUT2D eigenvalue weighted by molar-refractivity contribution is -0.140. The molecule has 0 saturated carbocycles. The first kappa shape index (κ1) is 14.0. The van der Waals surface area contributed by atoms with Crippen molar-refractivity contribution < 1.29 is 9.53 Å². The number of ether oxygens (including phenoxy) is 1. The highest BCUT2D eigenvalue weighted by Gasteiger charge is 2.13. The first-order valence-corrected chi connectivity index (χ1v) is 6.48. The Bertz CT molecular complexity index is 324. The third kappa shape index (κ3) is 5.20. The molecule has 0 aromatic carbocycles. The highest BCUT2D eigenvalue weighted by atomic mass is 16.5. The molecule has 0 amide bonds. The molecule has 1 aliphatic rings. The van der Waals surface area contributed by atoms with Crippen LogP contribution in [0.2, 0.25) is 0 Å². The summed E-state index contributed by atoms with van der Waals surface area (Å²) in [4.78, 5) is 11.1. The van der Waals surface area contributed by atoms with Crippen molar-refractivity contribution in [2.45, 2.75) is 46.5 Å². The van der Waals surface area contributed by atoms with E-state index in [4.69, 9.17) is 0 Å². The minimum absolute atomic E-state index is 0.112. The maximum Gasteiger partial charge on any atom is 0.305 e. The Morgan fingerprint density at radius 2 is 2.24 bits per heavy atom. The highest BCUT2D eigenvalue weighted by Crippen LogP contribution is 2.28. The fourth-order valence-corrected chi connectivity index (χ4v) is 2.34. The van der Waals surface area contributed by atoms with E-state index >= 15 is 0 Å². The van der Waals surface area contributed by atoms with E-state index in [2.05, 4.69) is 37.7 Å². The van der Waals surface area contributed by atoms with Crippen molar-refractivity contribution in [2.24, 2.45) is 11.8 Å². The van der Waals surface area contributed by atoms with Crippen LogP contribution < -0.4 is 0 Å². The molecule has 0 spiro atoms. The average Bonchev–Trinajstić information content (AvgIpc) is 2.24. The monoisotopic (exact) mass is 236 g/mol. The van der Waals surface area contributed by atoms with E-state index < -0.39 is 0 Å². The van der Waals surface area contributed by atoms with Gasteiger partial charge >= 0.3 is 5.97 Å². The molecule has 96 valence electrons. The third-order valence-electron chi connectivity index (χ3n) is 2.99. The van der Waals surface area contributed by atoms with Crippen LogP contribution in [0.25, 0.3) is 0 Å². The molecule has 1 rings (SSSR count). The van der Waals surface area contributed by atoms with E-state index in [1.807, 2.05) is 0 Å². The van der Waals surface area contributed by atoms with Crippen LogP contribution in [0.5, 0.6) is 0 Å². The standard InChI is InChI=1S/C15H24O2/c1-11(2)7-14-9-12(3)8-13(10-14)5-6-15(16)17-4/h9-12H,5-8H2,1-4H3. The average molecular weight is 236 g/mol. The molecule has 2 heteroatoms. The number of allylic oxidation sites excluding steroid dienone is 4. The van der Waals surface area contributed by atoms with Gasteiger partial charge in [-0.2, -0.15) is 0 Å². The van der Waals surface area contributed by atoms with Crippen LogP contribution in [0.3, 0.4) is 0 Å².